The number of hydrogen-bond acceptors (Lipinski definition) is 7. The molecule has 2 N–H and O–H groups in total. The maximum atomic E-state index is 14.8. The number of benzene rings is 1. The Morgan fingerprint density at radius 2 is 1.96 bits per heavy atom. The summed E-state index contributed by atoms with van der Waals surface area (Å²) in [6, 6.07) is 4.37. The Kier molecular flexibility index (Phi) is 5.72. The Morgan fingerprint density at radius 3 is 2.50 bits per heavy atom. The summed E-state index contributed by atoms with van der Waals surface area (Å²) in [6.07, 6.45) is 0. The molecule has 1 heterocycles. The lowest BCUT2D eigenvalue weighted by Crippen LogP contribution is -2.26. The zero-order chi connectivity index (χ0) is 19.4. The summed E-state index contributed by atoms with van der Waals surface area (Å²) in [5.74, 6) is -2.14. The number of esters is 1. The van der Waals surface area contributed by atoms with Crippen LogP contribution < -0.4 is 15.2 Å². The summed E-state index contributed by atoms with van der Waals surface area (Å²) >= 11 is 0. The Hall–Kier alpha value is -3.21. The van der Waals surface area contributed by atoms with Gasteiger partial charge in [0.1, 0.15) is 23.2 Å². The molecule has 138 valence electrons. The van der Waals surface area contributed by atoms with Gasteiger partial charge in [-0.2, -0.15) is 5.26 Å². The Balaban J connectivity index is 2.73. The molecule has 0 aromatic heterocycles. The number of carbonyl (C=O) groups is 1. The van der Waals surface area contributed by atoms with E-state index in [0.29, 0.717) is 0 Å². The summed E-state index contributed by atoms with van der Waals surface area (Å²) < 4.78 is 35.4. The molecule has 0 spiro atoms. The fourth-order valence-electron chi connectivity index (χ4n) is 2.76. The number of nitrogens with zero attached hydrogens (tertiary/aromatic N) is 1. The fourth-order valence-corrected chi connectivity index (χ4v) is 2.76. The van der Waals surface area contributed by atoms with E-state index < -0.39 is 17.7 Å². The average Bonchev–Trinajstić information content (AvgIpc) is 2.61. The molecule has 1 aromatic rings. The van der Waals surface area contributed by atoms with Crippen LogP contribution in [0.4, 0.5) is 4.39 Å². The first kappa shape index (κ1) is 19.1. The van der Waals surface area contributed by atoms with Crippen LogP contribution in [0.5, 0.6) is 11.5 Å². The molecular weight excluding hydrogens is 343 g/mol. The van der Waals surface area contributed by atoms with Crippen LogP contribution in [0.3, 0.4) is 0 Å². The second-order valence-electron chi connectivity index (χ2n) is 5.34. The third kappa shape index (κ3) is 3.28. The number of halogens is 1. The number of methoxy groups -OCH3 is 2. The van der Waals surface area contributed by atoms with Crippen LogP contribution in [-0.2, 0) is 14.3 Å². The molecular formula is C18H19FN2O5. The van der Waals surface area contributed by atoms with E-state index in [1.54, 1.807) is 6.92 Å². The number of ether oxygens (including phenoxy) is 4. The van der Waals surface area contributed by atoms with E-state index in [4.69, 9.17) is 24.7 Å². The first-order valence-electron chi connectivity index (χ1n) is 7.76. The third-order valence-corrected chi connectivity index (χ3v) is 3.91. The molecule has 8 heteroatoms. The summed E-state index contributed by atoms with van der Waals surface area (Å²) in [5.41, 5.74) is 5.72. The van der Waals surface area contributed by atoms with Crippen molar-refractivity contribution in [3.63, 3.8) is 0 Å². The largest absolute Gasteiger partial charge is 0.493 e. The van der Waals surface area contributed by atoms with E-state index in [0.717, 1.165) is 6.07 Å². The van der Waals surface area contributed by atoms with Gasteiger partial charge in [-0.15, -0.1) is 0 Å². The van der Waals surface area contributed by atoms with E-state index in [9.17, 15) is 14.4 Å². The van der Waals surface area contributed by atoms with Crippen molar-refractivity contribution >= 4 is 5.97 Å². The van der Waals surface area contributed by atoms with Crippen molar-refractivity contribution in [2.45, 2.75) is 19.8 Å². The first-order valence-corrected chi connectivity index (χ1v) is 7.76. The molecule has 0 radical (unpaired) electrons. The first-order chi connectivity index (χ1) is 12.4. The highest BCUT2D eigenvalue weighted by Crippen LogP contribution is 2.43. The quantitative estimate of drug-likeness (QED) is 0.803. The Morgan fingerprint density at radius 1 is 1.35 bits per heavy atom. The number of nitriles is 1. The van der Waals surface area contributed by atoms with Crippen molar-refractivity contribution in [2.75, 3.05) is 20.8 Å². The van der Waals surface area contributed by atoms with Crippen molar-refractivity contribution in [1.29, 1.82) is 5.26 Å². The van der Waals surface area contributed by atoms with Gasteiger partial charge in [-0.05, 0) is 19.9 Å². The van der Waals surface area contributed by atoms with Crippen LogP contribution in [0.15, 0.2) is 34.9 Å². The molecule has 1 aromatic carbocycles. The van der Waals surface area contributed by atoms with Crippen LogP contribution in [0.2, 0.25) is 0 Å². The van der Waals surface area contributed by atoms with E-state index >= 15 is 0 Å². The van der Waals surface area contributed by atoms with Gasteiger partial charge in [0.05, 0.1) is 32.3 Å². The van der Waals surface area contributed by atoms with Crippen LogP contribution in [0.1, 0.15) is 25.3 Å². The van der Waals surface area contributed by atoms with Gasteiger partial charge in [0.2, 0.25) is 5.88 Å². The molecule has 0 saturated heterocycles. The highest BCUT2D eigenvalue weighted by atomic mass is 19.1. The van der Waals surface area contributed by atoms with E-state index in [1.165, 1.54) is 27.2 Å². The van der Waals surface area contributed by atoms with Crippen molar-refractivity contribution in [2.24, 2.45) is 5.73 Å². The molecule has 1 atom stereocenters. The van der Waals surface area contributed by atoms with Crippen molar-refractivity contribution < 1.29 is 28.1 Å². The smallest absolute Gasteiger partial charge is 0.338 e. The molecule has 1 unspecified atom stereocenters. The molecule has 0 bridgehead atoms. The number of carbonyl (C=O) groups excluding carboxylic acids is 1. The van der Waals surface area contributed by atoms with Crippen molar-refractivity contribution in [3.8, 4) is 17.6 Å². The second-order valence-corrected chi connectivity index (χ2v) is 5.34. The van der Waals surface area contributed by atoms with Gasteiger partial charge < -0.3 is 24.7 Å². The fraction of sp³-hybridized carbons (Fsp3) is 0.333. The zero-order valence-corrected chi connectivity index (χ0v) is 14.9. The van der Waals surface area contributed by atoms with Gasteiger partial charge in [0.15, 0.2) is 11.5 Å². The van der Waals surface area contributed by atoms with Gasteiger partial charge >= 0.3 is 5.97 Å². The molecule has 0 amide bonds. The predicted molar refractivity (Wildman–Crippen MR) is 89.5 cm³/mol. The average molecular weight is 362 g/mol. The second kappa shape index (κ2) is 7.78. The lowest BCUT2D eigenvalue weighted by atomic mass is 9.82. The minimum atomic E-state index is -1.09. The summed E-state index contributed by atoms with van der Waals surface area (Å²) in [7, 11) is 2.77. The van der Waals surface area contributed by atoms with Crippen LogP contribution >= 0.6 is 0 Å². The molecule has 7 nitrogen and oxygen atoms in total. The van der Waals surface area contributed by atoms with Gasteiger partial charge in [-0.25, -0.2) is 9.18 Å². The SMILES string of the molecule is CCOC(=O)C1=C(C)OC(N)=C(C#N)C1c1cc(OC)c(OC)cc1F. The predicted octanol–water partition coefficient (Wildman–Crippen LogP) is 2.49. The van der Waals surface area contributed by atoms with Crippen LogP contribution in [0, 0.1) is 17.1 Å². The molecule has 2 rings (SSSR count). The lowest BCUT2D eigenvalue weighted by Gasteiger charge is -2.27. The van der Waals surface area contributed by atoms with Gasteiger partial charge in [0, 0.05) is 11.6 Å². The third-order valence-electron chi connectivity index (χ3n) is 3.91. The Bertz CT molecular complexity index is 839. The molecule has 0 fully saturated rings. The molecule has 0 aliphatic carbocycles. The Labute approximate surface area is 150 Å². The van der Waals surface area contributed by atoms with E-state index in [-0.39, 0.29) is 46.5 Å². The van der Waals surface area contributed by atoms with E-state index in [1.807, 2.05) is 6.07 Å². The number of allylic oxidation sites excluding steroid dienone is 2. The molecule has 26 heavy (non-hydrogen) atoms. The molecule has 0 saturated carbocycles. The van der Waals surface area contributed by atoms with Gasteiger partial charge in [-0.1, -0.05) is 0 Å². The monoisotopic (exact) mass is 362 g/mol. The van der Waals surface area contributed by atoms with Crippen molar-refractivity contribution in [1.82, 2.24) is 0 Å². The zero-order valence-electron chi connectivity index (χ0n) is 14.9. The number of hydrogen-bond donors (Lipinski definition) is 1. The summed E-state index contributed by atoms with van der Waals surface area (Å²) in [4.78, 5) is 12.4. The number of nitrogens with two attached hydrogens (primary N) is 1. The minimum Gasteiger partial charge on any atom is -0.493 e. The minimum absolute atomic E-state index is 0.00344. The summed E-state index contributed by atoms with van der Waals surface area (Å²) in [6.45, 7) is 3.25. The van der Waals surface area contributed by atoms with Crippen LogP contribution in [-0.4, -0.2) is 26.8 Å². The topological polar surface area (TPSA) is 104 Å². The molecule has 1 aliphatic heterocycles. The molecule has 1 aliphatic rings. The lowest BCUT2D eigenvalue weighted by molar-refractivity contribution is -0.139. The highest BCUT2D eigenvalue weighted by molar-refractivity contribution is 5.92. The van der Waals surface area contributed by atoms with E-state index in [2.05, 4.69) is 0 Å². The van der Waals surface area contributed by atoms with Gasteiger partial charge in [-0.3, -0.25) is 0 Å². The standard InChI is InChI=1S/C18H19FN2O5/c1-5-25-18(22)15-9(2)26-17(21)11(8-20)16(15)10-6-13(23-3)14(24-4)7-12(10)19/h6-7,16H,5,21H2,1-4H3. The normalized spacial score (nSPS) is 16.7. The highest BCUT2D eigenvalue weighted by Gasteiger charge is 2.38. The summed E-state index contributed by atoms with van der Waals surface area (Å²) in [5, 5.41) is 9.51. The maximum Gasteiger partial charge on any atom is 0.338 e. The maximum absolute atomic E-state index is 14.8. The number of rotatable bonds is 5. The van der Waals surface area contributed by atoms with Gasteiger partial charge in [0.25, 0.3) is 0 Å². The van der Waals surface area contributed by atoms with Crippen molar-refractivity contribution in [3.05, 3.63) is 46.3 Å². The van der Waals surface area contributed by atoms with Crippen LogP contribution in [0.25, 0.3) is 0 Å².